The summed E-state index contributed by atoms with van der Waals surface area (Å²) in [6.45, 7) is 0. The number of benzene rings is 1. The van der Waals surface area contributed by atoms with Crippen molar-refractivity contribution in [3.05, 3.63) is 35.9 Å². The van der Waals surface area contributed by atoms with Crippen molar-refractivity contribution < 1.29 is 4.52 Å². The van der Waals surface area contributed by atoms with Crippen molar-refractivity contribution in [1.29, 1.82) is 0 Å². The van der Waals surface area contributed by atoms with Crippen LogP contribution in [0, 0.1) is 12.3 Å². The molecule has 0 aliphatic carbocycles. The van der Waals surface area contributed by atoms with E-state index in [1.54, 1.807) is 6.07 Å². The maximum Gasteiger partial charge on any atom is 0.169 e. The predicted octanol–water partition coefficient (Wildman–Crippen LogP) is 1.91. The molecule has 2 N–H and O–H groups in total. The molecule has 3 nitrogen and oxygen atoms in total. The number of hydrogen-bond donors (Lipinski definition) is 1. The molecule has 3 heteroatoms. The third-order valence-electron chi connectivity index (χ3n) is 1.86. The lowest BCUT2D eigenvalue weighted by molar-refractivity contribution is 0.436. The molecule has 1 aromatic heterocycles. The Hall–Kier alpha value is -2.21. The lowest BCUT2D eigenvalue weighted by Gasteiger charge is -1.94. The van der Waals surface area contributed by atoms with Crippen molar-refractivity contribution in [2.45, 2.75) is 0 Å². The van der Waals surface area contributed by atoms with Crippen LogP contribution in [0.2, 0.25) is 0 Å². The summed E-state index contributed by atoms with van der Waals surface area (Å²) < 4.78 is 5.00. The topological polar surface area (TPSA) is 52.0 Å². The molecule has 0 radical (unpaired) electrons. The van der Waals surface area contributed by atoms with Crippen LogP contribution in [0.3, 0.4) is 0 Å². The van der Waals surface area contributed by atoms with Crippen LogP contribution in [0.15, 0.2) is 34.9 Å². The molecule has 2 rings (SSSR count). The van der Waals surface area contributed by atoms with Crippen molar-refractivity contribution in [1.82, 2.24) is 5.16 Å². The highest BCUT2D eigenvalue weighted by molar-refractivity contribution is 5.60. The normalized spacial score (nSPS) is 9.64. The van der Waals surface area contributed by atoms with E-state index in [9.17, 15) is 0 Å². The predicted molar refractivity (Wildman–Crippen MR) is 54.3 cm³/mol. The summed E-state index contributed by atoms with van der Waals surface area (Å²) in [5, 5.41) is 3.60. The molecular weight excluding hydrogens is 176 g/mol. The minimum atomic E-state index is 0.376. The molecule has 14 heavy (non-hydrogen) atoms. The Morgan fingerprint density at radius 1 is 1.29 bits per heavy atom. The fourth-order valence-corrected chi connectivity index (χ4v) is 1.16. The second-order valence-electron chi connectivity index (χ2n) is 2.84. The van der Waals surface area contributed by atoms with Gasteiger partial charge >= 0.3 is 0 Å². The Bertz CT molecular complexity index is 477. The van der Waals surface area contributed by atoms with E-state index in [0.29, 0.717) is 11.6 Å². The Morgan fingerprint density at radius 3 is 2.50 bits per heavy atom. The Balaban J connectivity index is 2.39. The van der Waals surface area contributed by atoms with Gasteiger partial charge in [-0.15, -0.1) is 6.42 Å². The smallest absolute Gasteiger partial charge is 0.169 e. The number of nitrogens with zero attached hydrogens (tertiary/aromatic N) is 1. The van der Waals surface area contributed by atoms with Gasteiger partial charge in [-0.25, -0.2) is 0 Å². The van der Waals surface area contributed by atoms with E-state index in [1.165, 1.54) is 0 Å². The summed E-state index contributed by atoms with van der Waals surface area (Å²) in [4.78, 5) is 0. The van der Waals surface area contributed by atoms with E-state index in [-0.39, 0.29) is 0 Å². The standard InChI is InChI=1S/C11H8N2O/c1-2-8-3-5-9(6-4-8)10-7-11(12)13-14-10/h1,3-7H,(H2,12,13). The average Bonchev–Trinajstić information content (AvgIpc) is 2.65. The molecule has 0 fully saturated rings. The Labute approximate surface area is 81.5 Å². The number of terminal acetylenes is 1. The molecule has 0 spiro atoms. The first-order valence-electron chi connectivity index (χ1n) is 4.09. The van der Waals surface area contributed by atoms with E-state index in [2.05, 4.69) is 11.1 Å². The lowest BCUT2D eigenvalue weighted by Crippen LogP contribution is -1.80. The molecule has 2 aromatic rings. The molecular formula is C11H8N2O. The highest BCUT2D eigenvalue weighted by atomic mass is 16.5. The highest BCUT2D eigenvalue weighted by Crippen LogP contribution is 2.21. The first-order chi connectivity index (χ1) is 6.79. The Morgan fingerprint density at radius 2 is 2.00 bits per heavy atom. The van der Waals surface area contributed by atoms with Crippen molar-refractivity contribution in [3.8, 4) is 23.7 Å². The van der Waals surface area contributed by atoms with Gasteiger partial charge in [-0.05, 0) is 24.3 Å². The molecule has 0 aliphatic heterocycles. The second-order valence-corrected chi connectivity index (χ2v) is 2.84. The third kappa shape index (κ3) is 1.46. The van der Waals surface area contributed by atoms with Crippen LogP contribution < -0.4 is 5.73 Å². The van der Waals surface area contributed by atoms with Gasteiger partial charge in [-0.2, -0.15) is 0 Å². The molecule has 1 aromatic carbocycles. The van der Waals surface area contributed by atoms with Gasteiger partial charge in [-0.1, -0.05) is 11.1 Å². The second kappa shape index (κ2) is 3.27. The molecule has 0 bridgehead atoms. The van der Waals surface area contributed by atoms with E-state index in [0.717, 1.165) is 11.1 Å². The fraction of sp³-hybridized carbons (Fsp3) is 0. The zero-order chi connectivity index (χ0) is 9.97. The van der Waals surface area contributed by atoms with Crippen LogP contribution >= 0.6 is 0 Å². The van der Waals surface area contributed by atoms with E-state index >= 15 is 0 Å². The average molecular weight is 184 g/mol. The largest absolute Gasteiger partial charge is 0.381 e. The van der Waals surface area contributed by atoms with Crippen molar-refractivity contribution in [2.24, 2.45) is 0 Å². The van der Waals surface area contributed by atoms with Crippen LogP contribution in [-0.4, -0.2) is 5.16 Å². The summed E-state index contributed by atoms with van der Waals surface area (Å²) in [7, 11) is 0. The van der Waals surface area contributed by atoms with Crippen LogP contribution in [0.1, 0.15) is 5.56 Å². The van der Waals surface area contributed by atoms with Crippen LogP contribution in [0.5, 0.6) is 0 Å². The maximum atomic E-state index is 5.43. The summed E-state index contributed by atoms with van der Waals surface area (Å²) in [6.07, 6.45) is 5.24. The molecule has 0 unspecified atom stereocenters. The fourth-order valence-electron chi connectivity index (χ4n) is 1.16. The molecule has 68 valence electrons. The monoisotopic (exact) mass is 184 g/mol. The van der Waals surface area contributed by atoms with Gasteiger partial charge in [-0.3, -0.25) is 0 Å². The van der Waals surface area contributed by atoms with Crippen molar-refractivity contribution in [3.63, 3.8) is 0 Å². The zero-order valence-electron chi connectivity index (χ0n) is 7.40. The SMILES string of the molecule is C#Cc1ccc(-c2cc(N)no2)cc1. The van der Waals surface area contributed by atoms with Crippen LogP contribution in [0.4, 0.5) is 5.82 Å². The number of nitrogen functional groups attached to an aromatic ring is 1. The van der Waals surface area contributed by atoms with E-state index < -0.39 is 0 Å². The van der Waals surface area contributed by atoms with Gasteiger partial charge in [0, 0.05) is 17.2 Å². The minimum Gasteiger partial charge on any atom is -0.381 e. The van der Waals surface area contributed by atoms with Crippen molar-refractivity contribution >= 4 is 5.82 Å². The minimum absolute atomic E-state index is 0.376. The summed E-state index contributed by atoms with van der Waals surface area (Å²) >= 11 is 0. The Kier molecular flexibility index (Phi) is 1.96. The molecule has 0 amide bonds. The summed E-state index contributed by atoms with van der Waals surface area (Å²) in [5.74, 6) is 3.56. The molecule has 0 saturated carbocycles. The molecule has 1 heterocycles. The van der Waals surface area contributed by atoms with Gasteiger partial charge in [0.2, 0.25) is 0 Å². The van der Waals surface area contributed by atoms with Gasteiger partial charge < -0.3 is 10.3 Å². The molecule has 0 atom stereocenters. The van der Waals surface area contributed by atoms with E-state index in [1.807, 2.05) is 24.3 Å². The number of aromatic nitrogens is 1. The number of hydrogen-bond acceptors (Lipinski definition) is 3. The first kappa shape index (κ1) is 8.39. The quantitative estimate of drug-likeness (QED) is 0.688. The molecule has 0 aliphatic rings. The van der Waals surface area contributed by atoms with Gasteiger partial charge in [0.25, 0.3) is 0 Å². The van der Waals surface area contributed by atoms with E-state index in [4.69, 9.17) is 16.7 Å². The van der Waals surface area contributed by atoms with Crippen LogP contribution in [-0.2, 0) is 0 Å². The number of anilines is 1. The number of nitrogens with two attached hydrogens (primary N) is 1. The van der Waals surface area contributed by atoms with Gasteiger partial charge in [0.15, 0.2) is 11.6 Å². The third-order valence-corrected chi connectivity index (χ3v) is 1.86. The summed E-state index contributed by atoms with van der Waals surface area (Å²) in [6, 6.07) is 9.09. The maximum absolute atomic E-state index is 5.43. The summed E-state index contributed by atoms with van der Waals surface area (Å²) in [5.41, 5.74) is 7.18. The highest BCUT2D eigenvalue weighted by Gasteiger charge is 2.03. The zero-order valence-corrected chi connectivity index (χ0v) is 7.40. The lowest BCUT2D eigenvalue weighted by atomic mass is 10.1. The number of rotatable bonds is 1. The first-order valence-corrected chi connectivity index (χ1v) is 4.09. The molecule has 0 saturated heterocycles. The van der Waals surface area contributed by atoms with Crippen LogP contribution in [0.25, 0.3) is 11.3 Å². The van der Waals surface area contributed by atoms with Gasteiger partial charge in [0.05, 0.1) is 0 Å². The van der Waals surface area contributed by atoms with Gasteiger partial charge in [0.1, 0.15) is 0 Å². The van der Waals surface area contributed by atoms with Crippen molar-refractivity contribution in [2.75, 3.05) is 5.73 Å².